The fraction of sp³-hybridized carbons (Fsp3) is 0.167. The Balaban J connectivity index is 2.73. The Hall–Kier alpha value is -1.13. The first-order valence-corrected chi connectivity index (χ1v) is 4.84. The fourth-order valence-corrected chi connectivity index (χ4v) is 1.18. The summed E-state index contributed by atoms with van der Waals surface area (Å²) < 4.78 is 0. The second kappa shape index (κ2) is 5.50. The van der Waals surface area contributed by atoms with Crippen molar-refractivity contribution in [3.63, 3.8) is 0 Å². The summed E-state index contributed by atoms with van der Waals surface area (Å²) in [6.45, 7) is 0. The van der Waals surface area contributed by atoms with Crippen LogP contribution in [0.1, 0.15) is 17.5 Å². The molecule has 0 saturated carbocycles. The number of hydrogen-bond donors (Lipinski definition) is 1. The molecule has 0 nitrogen and oxygen atoms in total. The van der Waals surface area contributed by atoms with Gasteiger partial charge in [0.2, 0.25) is 0 Å². The van der Waals surface area contributed by atoms with Crippen molar-refractivity contribution in [2.24, 2.45) is 0 Å². The number of thiol groups is 1. The maximum atomic E-state index is 5.29. The maximum Gasteiger partial charge on any atom is 0.0248 e. The molecule has 0 amide bonds. The first-order chi connectivity index (χ1) is 6.36. The summed E-state index contributed by atoms with van der Waals surface area (Å²) in [5.41, 5.74) is 2.07. The highest BCUT2D eigenvalue weighted by Gasteiger charge is 1.87. The van der Waals surface area contributed by atoms with Crippen LogP contribution < -0.4 is 0 Å². The summed E-state index contributed by atoms with van der Waals surface area (Å²) in [6.07, 6.45) is 10.4. The quantitative estimate of drug-likeness (QED) is 0.547. The van der Waals surface area contributed by atoms with Crippen LogP contribution in [0.4, 0.5) is 0 Å². The van der Waals surface area contributed by atoms with Crippen LogP contribution in [-0.2, 0) is 0 Å². The van der Waals surface area contributed by atoms with Gasteiger partial charge in [-0.05, 0) is 29.9 Å². The van der Waals surface area contributed by atoms with E-state index >= 15 is 0 Å². The molecule has 0 unspecified atom stereocenters. The van der Waals surface area contributed by atoms with Crippen LogP contribution in [0, 0.1) is 12.3 Å². The summed E-state index contributed by atoms with van der Waals surface area (Å²) in [4.78, 5) is 0. The first-order valence-electron chi connectivity index (χ1n) is 4.21. The predicted octanol–water partition coefficient (Wildman–Crippen LogP) is 3.00. The van der Waals surface area contributed by atoms with E-state index in [1.54, 1.807) is 0 Å². The lowest BCUT2D eigenvalue weighted by atomic mass is 10.1. The third kappa shape index (κ3) is 3.40. The van der Waals surface area contributed by atoms with Crippen LogP contribution in [0.3, 0.4) is 0 Å². The first kappa shape index (κ1) is 9.95. The molecule has 0 aliphatic rings. The molecule has 0 saturated heterocycles. The minimum Gasteiger partial charge on any atom is -0.179 e. The lowest BCUT2D eigenvalue weighted by Gasteiger charge is -1.94. The molecule has 66 valence electrons. The lowest BCUT2D eigenvalue weighted by molar-refractivity contribution is 1.26. The van der Waals surface area contributed by atoms with Crippen molar-refractivity contribution in [3.8, 4) is 12.3 Å². The van der Waals surface area contributed by atoms with Gasteiger partial charge in [-0.3, -0.25) is 0 Å². The van der Waals surface area contributed by atoms with E-state index in [1.807, 2.05) is 24.3 Å². The van der Waals surface area contributed by atoms with E-state index < -0.39 is 0 Å². The normalized spacial score (nSPS) is 10.2. The molecule has 0 bridgehead atoms. The summed E-state index contributed by atoms with van der Waals surface area (Å²) in [5.74, 6) is 3.49. The minimum absolute atomic E-state index is 0.880. The Kier molecular flexibility index (Phi) is 4.21. The highest BCUT2D eigenvalue weighted by Crippen LogP contribution is 2.06. The van der Waals surface area contributed by atoms with E-state index in [9.17, 15) is 0 Å². The van der Waals surface area contributed by atoms with E-state index in [4.69, 9.17) is 6.42 Å². The van der Waals surface area contributed by atoms with E-state index in [0.29, 0.717) is 0 Å². The van der Waals surface area contributed by atoms with Crippen molar-refractivity contribution in [3.05, 3.63) is 41.5 Å². The molecule has 13 heavy (non-hydrogen) atoms. The number of allylic oxidation sites excluding steroid dienone is 1. The molecule has 0 fully saturated rings. The molecule has 0 spiro atoms. The molecular weight excluding hydrogens is 176 g/mol. The molecule has 0 N–H and O–H groups in total. The molecule has 0 radical (unpaired) electrons. The minimum atomic E-state index is 0.880. The van der Waals surface area contributed by atoms with Gasteiger partial charge in [-0.1, -0.05) is 30.2 Å². The molecule has 1 rings (SSSR count). The second-order valence-electron chi connectivity index (χ2n) is 2.68. The molecular formula is C12H12S. The zero-order valence-electron chi connectivity index (χ0n) is 7.40. The standard InChI is InChI=1S/C12H12S/c1-2-11-7-5-8-12(10-11)6-3-4-9-13/h1,3,5-8,10,13H,4,9H2. The SMILES string of the molecule is C#Cc1cccc(C=CCCS)c1. The Morgan fingerprint density at radius 3 is 3.00 bits per heavy atom. The van der Waals surface area contributed by atoms with E-state index in [2.05, 4.69) is 30.7 Å². The van der Waals surface area contributed by atoms with Gasteiger partial charge in [0.15, 0.2) is 0 Å². The lowest BCUT2D eigenvalue weighted by Crippen LogP contribution is -1.76. The Morgan fingerprint density at radius 2 is 2.31 bits per heavy atom. The van der Waals surface area contributed by atoms with E-state index in [-0.39, 0.29) is 0 Å². The number of benzene rings is 1. The molecule has 1 heteroatoms. The van der Waals surface area contributed by atoms with Gasteiger partial charge < -0.3 is 0 Å². The van der Waals surface area contributed by atoms with Crippen molar-refractivity contribution in [2.75, 3.05) is 5.75 Å². The summed E-state index contributed by atoms with van der Waals surface area (Å²) in [7, 11) is 0. The van der Waals surface area contributed by atoms with Crippen LogP contribution in [0.2, 0.25) is 0 Å². The van der Waals surface area contributed by atoms with Crippen molar-refractivity contribution in [1.82, 2.24) is 0 Å². The molecule has 1 aromatic rings. The van der Waals surface area contributed by atoms with Gasteiger partial charge in [-0.25, -0.2) is 0 Å². The maximum absolute atomic E-state index is 5.29. The van der Waals surface area contributed by atoms with Crippen LogP contribution in [0.15, 0.2) is 30.3 Å². The van der Waals surface area contributed by atoms with E-state index in [1.165, 1.54) is 0 Å². The number of terminal acetylenes is 1. The van der Waals surface area contributed by atoms with Crippen LogP contribution in [-0.4, -0.2) is 5.75 Å². The second-order valence-corrected chi connectivity index (χ2v) is 3.13. The number of rotatable bonds is 3. The molecule has 0 aromatic heterocycles. The largest absolute Gasteiger partial charge is 0.179 e. The molecule has 0 aliphatic heterocycles. The van der Waals surface area contributed by atoms with Gasteiger partial charge in [0.1, 0.15) is 0 Å². The molecule has 0 atom stereocenters. The summed E-state index contributed by atoms with van der Waals surface area (Å²) in [6, 6.07) is 7.93. The van der Waals surface area contributed by atoms with Crippen molar-refractivity contribution in [2.45, 2.75) is 6.42 Å². The van der Waals surface area contributed by atoms with E-state index in [0.717, 1.165) is 23.3 Å². The number of hydrogen-bond acceptors (Lipinski definition) is 1. The smallest absolute Gasteiger partial charge is 0.0248 e. The third-order valence-electron chi connectivity index (χ3n) is 1.66. The van der Waals surface area contributed by atoms with Crippen LogP contribution in [0.5, 0.6) is 0 Å². The monoisotopic (exact) mass is 188 g/mol. The molecule has 0 heterocycles. The Labute approximate surface area is 85.1 Å². The van der Waals surface area contributed by atoms with Crippen molar-refractivity contribution >= 4 is 18.7 Å². The van der Waals surface area contributed by atoms with Crippen LogP contribution in [0.25, 0.3) is 6.08 Å². The highest BCUT2D eigenvalue weighted by molar-refractivity contribution is 7.80. The fourth-order valence-electron chi connectivity index (χ4n) is 1.03. The van der Waals surface area contributed by atoms with Gasteiger partial charge in [0.25, 0.3) is 0 Å². The third-order valence-corrected chi connectivity index (χ3v) is 1.92. The zero-order valence-corrected chi connectivity index (χ0v) is 8.30. The molecule has 0 aliphatic carbocycles. The van der Waals surface area contributed by atoms with Gasteiger partial charge in [0.05, 0.1) is 0 Å². The average molecular weight is 188 g/mol. The zero-order chi connectivity index (χ0) is 9.52. The summed E-state index contributed by atoms with van der Waals surface area (Å²) in [5, 5.41) is 0. The van der Waals surface area contributed by atoms with Gasteiger partial charge in [0, 0.05) is 5.56 Å². The summed E-state index contributed by atoms with van der Waals surface area (Å²) >= 11 is 4.12. The highest BCUT2D eigenvalue weighted by atomic mass is 32.1. The van der Waals surface area contributed by atoms with Gasteiger partial charge >= 0.3 is 0 Å². The topological polar surface area (TPSA) is 0 Å². The van der Waals surface area contributed by atoms with Gasteiger partial charge in [-0.2, -0.15) is 12.6 Å². The van der Waals surface area contributed by atoms with Crippen LogP contribution >= 0.6 is 12.6 Å². The Bertz CT molecular complexity index is 331. The van der Waals surface area contributed by atoms with Crippen molar-refractivity contribution in [1.29, 1.82) is 0 Å². The average Bonchev–Trinajstić information content (AvgIpc) is 2.19. The Morgan fingerprint density at radius 1 is 1.46 bits per heavy atom. The molecule has 1 aromatic carbocycles. The van der Waals surface area contributed by atoms with Crippen molar-refractivity contribution < 1.29 is 0 Å². The van der Waals surface area contributed by atoms with Gasteiger partial charge in [-0.15, -0.1) is 6.42 Å². The predicted molar refractivity (Wildman–Crippen MR) is 61.9 cm³/mol.